The highest BCUT2D eigenvalue weighted by atomic mass is 16.5. The first-order valence-electron chi connectivity index (χ1n) is 5.93. The molecule has 6 nitrogen and oxygen atoms in total. The number of ether oxygens (including phenoxy) is 1. The van der Waals surface area contributed by atoms with Gasteiger partial charge < -0.3 is 20.9 Å². The molecule has 1 aliphatic carbocycles. The Bertz CT molecular complexity index is 365. The van der Waals surface area contributed by atoms with E-state index in [9.17, 15) is 9.59 Å². The fourth-order valence-corrected chi connectivity index (χ4v) is 2.02. The predicted molar refractivity (Wildman–Crippen MR) is 65.9 cm³/mol. The number of aliphatic carboxylic acids is 1. The number of hydrogen-bond donors (Lipinski definition) is 3. The molecule has 0 fully saturated rings. The first-order chi connectivity index (χ1) is 8.31. The van der Waals surface area contributed by atoms with Crippen LogP contribution >= 0.6 is 0 Å². The average molecular weight is 256 g/mol. The molecular weight excluding hydrogens is 236 g/mol. The maximum absolute atomic E-state index is 11.1. The first-order valence-corrected chi connectivity index (χ1v) is 5.93. The molecule has 0 heterocycles. The van der Waals surface area contributed by atoms with Gasteiger partial charge in [-0.05, 0) is 26.3 Å². The molecule has 1 aliphatic rings. The lowest BCUT2D eigenvalue weighted by Gasteiger charge is -2.35. The number of amides is 1. The van der Waals surface area contributed by atoms with Crippen molar-refractivity contribution in [2.45, 2.75) is 51.5 Å². The molecule has 0 aromatic carbocycles. The quantitative estimate of drug-likeness (QED) is 0.658. The molecule has 0 saturated carbocycles. The largest absolute Gasteiger partial charge is 0.478 e. The fourth-order valence-electron chi connectivity index (χ4n) is 2.02. The van der Waals surface area contributed by atoms with Crippen LogP contribution in [-0.2, 0) is 14.3 Å². The Morgan fingerprint density at radius 1 is 1.56 bits per heavy atom. The summed E-state index contributed by atoms with van der Waals surface area (Å²) in [5.41, 5.74) is 6.15. The molecule has 1 rings (SSSR count). The third-order valence-corrected chi connectivity index (χ3v) is 2.71. The number of carboxylic acid groups (broad SMARTS) is 1. The highest BCUT2D eigenvalue weighted by molar-refractivity contribution is 5.87. The van der Waals surface area contributed by atoms with E-state index in [1.54, 1.807) is 0 Å². The van der Waals surface area contributed by atoms with Crippen molar-refractivity contribution in [3.05, 3.63) is 11.6 Å². The predicted octanol–water partition coefficient (Wildman–Crippen LogP) is 0.0267. The van der Waals surface area contributed by atoms with Crippen molar-refractivity contribution in [3.8, 4) is 0 Å². The molecule has 0 aromatic heterocycles. The molecule has 102 valence electrons. The molecule has 0 aliphatic heterocycles. The second-order valence-corrected chi connectivity index (χ2v) is 4.74. The molecule has 3 atom stereocenters. The van der Waals surface area contributed by atoms with Crippen molar-refractivity contribution in [1.29, 1.82) is 0 Å². The number of nitrogens with two attached hydrogens (primary N) is 1. The van der Waals surface area contributed by atoms with E-state index in [-0.39, 0.29) is 24.0 Å². The summed E-state index contributed by atoms with van der Waals surface area (Å²) in [4.78, 5) is 22.1. The molecule has 0 aromatic rings. The maximum Gasteiger partial charge on any atom is 0.331 e. The summed E-state index contributed by atoms with van der Waals surface area (Å²) in [6.07, 6.45) is 1.16. The lowest BCUT2D eigenvalue weighted by atomic mass is 9.88. The molecule has 0 spiro atoms. The van der Waals surface area contributed by atoms with Gasteiger partial charge in [-0.2, -0.15) is 0 Å². The SMILES string of the molecule is CC(=O)N[C@@H]1[C@@H](N)CC(C(=O)O)=C[C@H]1OC(C)C. The third-order valence-electron chi connectivity index (χ3n) is 2.71. The Balaban J connectivity index is 2.94. The van der Waals surface area contributed by atoms with E-state index in [2.05, 4.69) is 5.32 Å². The summed E-state index contributed by atoms with van der Waals surface area (Å²) in [6, 6.07) is -0.859. The molecule has 1 amide bonds. The molecule has 0 unspecified atom stereocenters. The van der Waals surface area contributed by atoms with Gasteiger partial charge in [-0.3, -0.25) is 4.79 Å². The van der Waals surface area contributed by atoms with Crippen LogP contribution < -0.4 is 11.1 Å². The zero-order valence-corrected chi connectivity index (χ0v) is 10.8. The van der Waals surface area contributed by atoms with Crippen molar-refractivity contribution in [1.82, 2.24) is 5.32 Å². The van der Waals surface area contributed by atoms with Gasteiger partial charge in [0.1, 0.15) is 0 Å². The van der Waals surface area contributed by atoms with Crippen molar-refractivity contribution in [3.63, 3.8) is 0 Å². The van der Waals surface area contributed by atoms with Gasteiger partial charge in [-0.15, -0.1) is 0 Å². The Labute approximate surface area is 106 Å². The van der Waals surface area contributed by atoms with Gasteiger partial charge in [0, 0.05) is 18.5 Å². The van der Waals surface area contributed by atoms with Gasteiger partial charge in [0.25, 0.3) is 0 Å². The van der Waals surface area contributed by atoms with E-state index in [0.717, 1.165) is 0 Å². The zero-order chi connectivity index (χ0) is 13.9. The van der Waals surface area contributed by atoms with Gasteiger partial charge in [-0.25, -0.2) is 4.79 Å². The average Bonchev–Trinajstić information content (AvgIpc) is 2.21. The van der Waals surface area contributed by atoms with Gasteiger partial charge in [0.15, 0.2) is 0 Å². The van der Waals surface area contributed by atoms with Crippen LogP contribution in [0.1, 0.15) is 27.2 Å². The molecule has 18 heavy (non-hydrogen) atoms. The minimum atomic E-state index is -0.996. The van der Waals surface area contributed by atoms with Crippen LogP contribution in [0.3, 0.4) is 0 Å². The Kier molecular flexibility index (Phi) is 4.86. The summed E-state index contributed by atoms with van der Waals surface area (Å²) in [7, 11) is 0. The smallest absolute Gasteiger partial charge is 0.331 e. The number of nitrogens with one attached hydrogen (secondary N) is 1. The second-order valence-electron chi connectivity index (χ2n) is 4.74. The molecule has 0 saturated heterocycles. The van der Waals surface area contributed by atoms with Crippen LogP contribution in [0.15, 0.2) is 11.6 Å². The number of hydrogen-bond acceptors (Lipinski definition) is 4. The van der Waals surface area contributed by atoms with Crippen LogP contribution in [0, 0.1) is 0 Å². The molecule has 6 heteroatoms. The maximum atomic E-state index is 11.1. The minimum Gasteiger partial charge on any atom is -0.478 e. The highest BCUT2D eigenvalue weighted by Gasteiger charge is 2.34. The summed E-state index contributed by atoms with van der Waals surface area (Å²) in [5.74, 6) is -1.20. The number of carbonyl (C=O) groups is 2. The van der Waals surface area contributed by atoms with Crippen molar-refractivity contribution < 1.29 is 19.4 Å². The van der Waals surface area contributed by atoms with Crippen LogP contribution in [-0.4, -0.2) is 41.3 Å². The summed E-state index contributed by atoms with van der Waals surface area (Å²) >= 11 is 0. The standard InChI is InChI=1S/C12H20N2O4/c1-6(2)18-10-5-8(12(16)17)4-9(13)11(10)14-7(3)15/h5-6,9-11H,4,13H2,1-3H3,(H,14,15)(H,16,17)/t9-,10+,11+/m0/s1. The topological polar surface area (TPSA) is 102 Å². The number of rotatable bonds is 4. The van der Waals surface area contributed by atoms with Crippen LogP contribution in [0.25, 0.3) is 0 Å². The number of carbonyl (C=O) groups excluding carboxylic acids is 1. The molecule has 4 N–H and O–H groups in total. The van der Waals surface area contributed by atoms with Crippen LogP contribution in [0.4, 0.5) is 0 Å². The Morgan fingerprint density at radius 2 is 2.17 bits per heavy atom. The Hall–Kier alpha value is -1.40. The van der Waals surface area contributed by atoms with E-state index in [1.165, 1.54) is 13.0 Å². The van der Waals surface area contributed by atoms with Crippen molar-refractivity contribution in [2.75, 3.05) is 0 Å². The van der Waals surface area contributed by atoms with E-state index >= 15 is 0 Å². The molecular formula is C12H20N2O4. The van der Waals surface area contributed by atoms with E-state index in [0.29, 0.717) is 0 Å². The zero-order valence-electron chi connectivity index (χ0n) is 10.8. The van der Waals surface area contributed by atoms with E-state index in [1.807, 2.05) is 13.8 Å². The fraction of sp³-hybridized carbons (Fsp3) is 0.667. The summed E-state index contributed by atoms with van der Waals surface area (Å²) < 4.78 is 5.62. The van der Waals surface area contributed by atoms with Gasteiger partial charge in [-0.1, -0.05) is 0 Å². The molecule has 0 radical (unpaired) electrons. The lowest BCUT2D eigenvalue weighted by molar-refractivity contribution is -0.133. The van der Waals surface area contributed by atoms with Gasteiger partial charge in [0.05, 0.1) is 18.2 Å². The summed E-state index contributed by atoms with van der Waals surface area (Å²) in [6.45, 7) is 5.09. The normalized spacial score (nSPS) is 27.8. The Morgan fingerprint density at radius 3 is 2.61 bits per heavy atom. The van der Waals surface area contributed by atoms with Crippen molar-refractivity contribution >= 4 is 11.9 Å². The third kappa shape index (κ3) is 3.82. The second kappa shape index (κ2) is 5.97. The van der Waals surface area contributed by atoms with Crippen LogP contribution in [0.2, 0.25) is 0 Å². The minimum absolute atomic E-state index is 0.0807. The monoisotopic (exact) mass is 256 g/mol. The van der Waals surface area contributed by atoms with E-state index < -0.39 is 24.2 Å². The number of carboxylic acids is 1. The van der Waals surface area contributed by atoms with Gasteiger partial charge in [0.2, 0.25) is 5.91 Å². The highest BCUT2D eigenvalue weighted by Crippen LogP contribution is 2.21. The van der Waals surface area contributed by atoms with Crippen molar-refractivity contribution in [2.24, 2.45) is 5.73 Å². The summed E-state index contributed by atoms with van der Waals surface area (Å²) in [5, 5.41) is 11.7. The van der Waals surface area contributed by atoms with Crippen LogP contribution in [0.5, 0.6) is 0 Å². The van der Waals surface area contributed by atoms with E-state index in [4.69, 9.17) is 15.6 Å². The lowest BCUT2D eigenvalue weighted by Crippen LogP contribution is -2.56. The van der Waals surface area contributed by atoms with Gasteiger partial charge >= 0.3 is 5.97 Å². The first kappa shape index (κ1) is 14.7. The molecule has 0 bridgehead atoms.